The minimum Gasteiger partial charge on any atom is -0.494 e. The third-order valence-electron chi connectivity index (χ3n) is 3.99. The molecule has 0 fully saturated rings. The SMILES string of the molecule is COc1cc([N+](=O)[O-])cc2sc(NC(=O)CCS(=O)(=O)Cc3ccccc3)nc12. The average molecular weight is 435 g/mol. The van der Waals surface area contributed by atoms with Crippen molar-refractivity contribution in [3.63, 3.8) is 0 Å². The number of nitrogens with zero attached hydrogens (tertiary/aromatic N) is 2. The highest BCUT2D eigenvalue weighted by Gasteiger charge is 2.19. The first kappa shape index (κ1) is 20.7. The second-order valence-electron chi connectivity index (χ2n) is 6.15. The van der Waals surface area contributed by atoms with Gasteiger partial charge in [-0.1, -0.05) is 41.7 Å². The molecule has 9 nitrogen and oxygen atoms in total. The molecule has 0 aliphatic heterocycles. The zero-order valence-electron chi connectivity index (χ0n) is 15.3. The lowest BCUT2D eigenvalue weighted by molar-refractivity contribution is -0.384. The Hall–Kier alpha value is -3.05. The van der Waals surface area contributed by atoms with Crippen LogP contribution in [0.3, 0.4) is 0 Å². The fourth-order valence-corrected chi connectivity index (χ4v) is 4.90. The lowest BCUT2D eigenvalue weighted by Gasteiger charge is -2.04. The van der Waals surface area contributed by atoms with E-state index in [1.54, 1.807) is 30.3 Å². The summed E-state index contributed by atoms with van der Waals surface area (Å²) in [6.45, 7) is 0. The number of fused-ring (bicyclic) bond motifs is 1. The van der Waals surface area contributed by atoms with Crippen molar-refractivity contribution in [2.24, 2.45) is 0 Å². The summed E-state index contributed by atoms with van der Waals surface area (Å²) in [7, 11) is -2.08. The third-order valence-corrected chi connectivity index (χ3v) is 6.51. The molecule has 1 heterocycles. The number of anilines is 1. The highest BCUT2D eigenvalue weighted by Crippen LogP contribution is 2.36. The number of methoxy groups -OCH3 is 1. The van der Waals surface area contributed by atoms with Gasteiger partial charge < -0.3 is 10.1 Å². The number of amides is 1. The van der Waals surface area contributed by atoms with E-state index in [2.05, 4.69) is 10.3 Å². The molecule has 0 aliphatic carbocycles. The smallest absolute Gasteiger partial charge is 0.274 e. The van der Waals surface area contributed by atoms with E-state index in [0.717, 1.165) is 11.3 Å². The van der Waals surface area contributed by atoms with Crippen LogP contribution in [0.4, 0.5) is 10.8 Å². The van der Waals surface area contributed by atoms with Crippen LogP contribution in [-0.2, 0) is 20.4 Å². The van der Waals surface area contributed by atoms with Crippen molar-refractivity contribution in [2.75, 3.05) is 18.2 Å². The number of nitrogens with one attached hydrogen (secondary N) is 1. The predicted octanol–water partition coefficient (Wildman–Crippen LogP) is 3.16. The number of hydrogen-bond donors (Lipinski definition) is 1. The Balaban J connectivity index is 1.67. The van der Waals surface area contributed by atoms with Crippen molar-refractivity contribution in [3.05, 3.63) is 58.1 Å². The van der Waals surface area contributed by atoms with Gasteiger partial charge in [0.05, 0.1) is 34.3 Å². The van der Waals surface area contributed by atoms with Gasteiger partial charge in [0, 0.05) is 12.5 Å². The molecule has 0 atom stereocenters. The molecule has 0 unspecified atom stereocenters. The molecule has 0 aliphatic rings. The van der Waals surface area contributed by atoms with Crippen molar-refractivity contribution < 1.29 is 22.9 Å². The van der Waals surface area contributed by atoms with Gasteiger partial charge in [0.1, 0.15) is 5.52 Å². The Morgan fingerprint density at radius 1 is 1.28 bits per heavy atom. The van der Waals surface area contributed by atoms with Crippen LogP contribution in [0, 0.1) is 10.1 Å². The van der Waals surface area contributed by atoms with E-state index in [-0.39, 0.29) is 34.5 Å². The quantitative estimate of drug-likeness (QED) is 0.425. The Morgan fingerprint density at radius 3 is 2.66 bits per heavy atom. The van der Waals surface area contributed by atoms with Crippen LogP contribution in [0.5, 0.6) is 5.75 Å². The Bertz CT molecular complexity index is 1160. The van der Waals surface area contributed by atoms with E-state index in [1.807, 2.05) is 0 Å². The van der Waals surface area contributed by atoms with E-state index in [9.17, 15) is 23.3 Å². The van der Waals surface area contributed by atoms with Crippen LogP contribution in [0.25, 0.3) is 10.2 Å². The molecule has 1 N–H and O–H groups in total. The van der Waals surface area contributed by atoms with Crippen LogP contribution in [0.1, 0.15) is 12.0 Å². The number of nitro benzene ring substituents is 1. The molecule has 3 aromatic rings. The number of rotatable bonds is 8. The second kappa shape index (κ2) is 8.53. The molecular weight excluding hydrogens is 418 g/mol. The second-order valence-corrected chi connectivity index (χ2v) is 9.36. The van der Waals surface area contributed by atoms with Crippen molar-refractivity contribution in [1.82, 2.24) is 4.98 Å². The van der Waals surface area contributed by atoms with Gasteiger partial charge >= 0.3 is 0 Å². The molecular formula is C18H17N3O6S2. The maximum absolute atomic E-state index is 12.2. The van der Waals surface area contributed by atoms with Crippen LogP contribution < -0.4 is 10.1 Å². The third kappa shape index (κ3) is 5.27. The number of carbonyl (C=O) groups is 1. The molecule has 0 saturated carbocycles. The first-order valence-corrected chi connectivity index (χ1v) is 11.1. The zero-order valence-corrected chi connectivity index (χ0v) is 17.0. The Kier molecular flexibility index (Phi) is 6.09. The molecule has 152 valence electrons. The van der Waals surface area contributed by atoms with Gasteiger partial charge in [-0.15, -0.1) is 0 Å². The van der Waals surface area contributed by atoms with Gasteiger partial charge in [-0.25, -0.2) is 13.4 Å². The number of benzene rings is 2. The number of thiazole rings is 1. The molecule has 29 heavy (non-hydrogen) atoms. The fourth-order valence-electron chi connectivity index (χ4n) is 2.63. The van der Waals surface area contributed by atoms with Crippen molar-refractivity contribution in [2.45, 2.75) is 12.2 Å². The predicted molar refractivity (Wildman–Crippen MR) is 110 cm³/mol. The summed E-state index contributed by atoms with van der Waals surface area (Å²) in [5, 5.41) is 13.8. The monoisotopic (exact) mass is 435 g/mol. The number of ether oxygens (including phenoxy) is 1. The van der Waals surface area contributed by atoms with Crippen molar-refractivity contribution in [1.29, 1.82) is 0 Å². The highest BCUT2D eigenvalue weighted by molar-refractivity contribution is 7.90. The number of non-ortho nitro benzene ring substituents is 1. The molecule has 0 bridgehead atoms. The minimum atomic E-state index is -3.45. The van der Waals surface area contributed by atoms with Gasteiger partial charge in [-0.05, 0) is 5.56 Å². The molecule has 0 radical (unpaired) electrons. The minimum absolute atomic E-state index is 0.136. The maximum Gasteiger partial charge on any atom is 0.274 e. The maximum atomic E-state index is 12.2. The lowest BCUT2D eigenvalue weighted by Crippen LogP contribution is -2.18. The van der Waals surface area contributed by atoms with Crippen molar-refractivity contribution >= 4 is 48.1 Å². The molecule has 3 rings (SSSR count). The number of carbonyl (C=O) groups excluding carboxylic acids is 1. The van der Waals surface area contributed by atoms with E-state index in [1.165, 1.54) is 19.2 Å². The van der Waals surface area contributed by atoms with E-state index >= 15 is 0 Å². The highest BCUT2D eigenvalue weighted by atomic mass is 32.2. The normalized spacial score (nSPS) is 11.3. The zero-order chi connectivity index (χ0) is 21.0. The van der Waals surface area contributed by atoms with E-state index < -0.39 is 20.7 Å². The molecule has 11 heteroatoms. The first-order chi connectivity index (χ1) is 13.8. The summed E-state index contributed by atoms with van der Waals surface area (Å²) in [5.74, 6) is -0.721. The topological polar surface area (TPSA) is 128 Å². The van der Waals surface area contributed by atoms with Gasteiger partial charge in [0.25, 0.3) is 5.69 Å². The first-order valence-electron chi connectivity index (χ1n) is 8.44. The van der Waals surface area contributed by atoms with E-state index in [4.69, 9.17) is 4.74 Å². The number of sulfone groups is 1. The molecule has 2 aromatic carbocycles. The van der Waals surface area contributed by atoms with E-state index in [0.29, 0.717) is 15.8 Å². The van der Waals surface area contributed by atoms with Crippen LogP contribution in [0.15, 0.2) is 42.5 Å². The van der Waals surface area contributed by atoms with Crippen LogP contribution in [0.2, 0.25) is 0 Å². The summed E-state index contributed by atoms with van der Waals surface area (Å²) in [5.41, 5.74) is 0.894. The molecule has 0 saturated heterocycles. The molecule has 0 spiro atoms. The number of hydrogen-bond acceptors (Lipinski definition) is 8. The van der Waals surface area contributed by atoms with Gasteiger partial charge in [0.2, 0.25) is 5.91 Å². The largest absolute Gasteiger partial charge is 0.494 e. The average Bonchev–Trinajstić information content (AvgIpc) is 3.08. The number of aromatic nitrogens is 1. The summed E-state index contributed by atoms with van der Waals surface area (Å²) in [6.07, 6.45) is -0.220. The van der Waals surface area contributed by atoms with Gasteiger partial charge in [-0.3, -0.25) is 14.9 Å². The van der Waals surface area contributed by atoms with Crippen LogP contribution in [-0.4, -0.2) is 37.1 Å². The molecule has 1 aromatic heterocycles. The summed E-state index contributed by atoms with van der Waals surface area (Å²) in [6, 6.07) is 11.3. The summed E-state index contributed by atoms with van der Waals surface area (Å²) < 4.78 is 30.0. The Morgan fingerprint density at radius 2 is 2.00 bits per heavy atom. The standard InChI is InChI=1S/C18H17N3O6S2/c1-27-14-9-13(21(23)24)10-15-17(14)20-18(28-15)19-16(22)7-8-29(25,26)11-12-5-3-2-4-6-12/h2-6,9-10H,7-8,11H2,1H3,(H,19,20,22). The molecule has 1 amide bonds. The van der Waals surface area contributed by atoms with Gasteiger partial charge in [0.15, 0.2) is 20.7 Å². The summed E-state index contributed by atoms with van der Waals surface area (Å²) in [4.78, 5) is 26.9. The number of nitro groups is 1. The Labute approximate surface area is 170 Å². The lowest BCUT2D eigenvalue weighted by atomic mass is 10.2. The fraction of sp³-hybridized carbons (Fsp3) is 0.222. The van der Waals surface area contributed by atoms with Crippen molar-refractivity contribution in [3.8, 4) is 5.75 Å². The van der Waals surface area contributed by atoms with Gasteiger partial charge in [-0.2, -0.15) is 0 Å². The van der Waals surface area contributed by atoms with Crippen LogP contribution >= 0.6 is 11.3 Å². The summed E-state index contributed by atoms with van der Waals surface area (Å²) >= 11 is 1.05.